The Kier molecular flexibility index (Phi) is 8.63. The van der Waals surface area contributed by atoms with Crippen LogP contribution in [0, 0.1) is 6.92 Å². The lowest BCUT2D eigenvalue weighted by molar-refractivity contribution is -0.148. The number of alkyl halides is 3. The van der Waals surface area contributed by atoms with E-state index in [0.29, 0.717) is 13.1 Å². The molecule has 122 valence electrons. The average molecular weight is 345 g/mol. The lowest BCUT2D eigenvalue weighted by atomic mass is 10.00. The number of benzene rings is 1. The summed E-state index contributed by atoms with van der Waals surface area (Å²) in [4.78, 5) is 1.93. The SMILES string of the molecule is Cc1ccc([C@H](CC(F)(F)F)N2CCNCC2)cc1.Cl.Cl. The predicted octanol–water partition coefficient (Wildman–Crippen LogP) is 3.74. The zero-order valence-corrected chi connectivity index (χ0v) is 13.5. The second-order valence-electron chi connectivity index (χ2n) is 5.03. The Hall–Kier alpha value is -0.490. The Labute approximate surface area is 135 Å². The first kappa shape index (κ1) is 20.5. The molecule has 0 aliphatic carbocycles. The Balaban J connectivity index is 0.00000200. The first-order chi connectivity index (χ1) is 8.96. The van der Waals surface area contributed by atoms with Gasteiger partial charge in [-0.3, -0.25) is 4.90 Å². The number of hydrogen-bond acceptors (Lipinski definition) is 2. The molecule has 1 atom stereocenters. The van der Waals surface area contributed by atoms with Gasteiger partial charge in [0.25, 0.3) is 0 Å². The molecule has 1 heterocycles. The molecule has 0 aromatic heterocycles. The van der Waals surface area contributed by atoms with E-state index in [1.165, 1.54) is 0 Å². The second kappa shape index (κ2) is 8.83. The summed E-state index contributed by atoms with van der Waals surface area (Å²) in [5.74, 6) is 0. The number of aryl methyl sites for hydroxylation is 1. The van der Waals surface area contributed by atoms with Crippen LogP contribution < -0.4 is 5.32 Å². The molecule has 0 unspecified atom stereocenters. The fourth-order valence-electron chi connectivity index (χ4n) is 2.46. The van der Waals surface area contributed by atoms with Crippen molar-refractivity contribution in [3.63, 3.8) is 0 Å². The van der Waals surface area contributed by atoms with Gasteiger partial charge in [0.15, 0.2) is 0 Å². The number of rotatable bonds is 3. The monoisotopic (exact) mass is 344 g/mol. The fraction of sp³-hybridized carbons (Fsp3) is 0.571. The molecule has 0 amide bonds. The Bertz CT molecular complexity index is 404. The third kappa shape index (κ3) is 6.43. The van der Waals surface area contributed by atoms with Crippen molar-refractivity contribution >= 4 is 24.8 Å². The summed E-state index contributed by atoms with van der Waals surface area (Å²) in [6, 6.07) is 6.81. The van der Waals surface area contributed by atoms with Crippen LogP contribution in [0.4, 0.5) is 13.2 Å². The van der Waals surface area contributed by atoms with E-state index >= 15 is 0 Å². The van der Waals surface area contributed by atoms with Gasteiger partial charge < -0.3 is 5.32 Å². The summed E-state index contributed by atoms with van der Waals surface area (Å²) < 4.78 is 38.4. The van der Waals surface area contributed by atoms with Crippen molar-refractivity contribution in [2.24, 2.45) is 0 Å². The molecule has 7 heteroatoms. The van der Waals surface area contributed by atoms with E-state index < -0.39 is 18.6 Å². The van der Waals surface area contributed by atoms with Gasteiger partial charge in [-0.2, -0.15) is 13.2 Å². The quantitative estimate of drug-likeness (QED) is 0.898. The van der Waals surface area contributed by atoms with Crippen LogP contribution in [0.25, 0.3) is 0 Å². The minimum atomic E-state index is -4.14. The molecule has 1 aromatic carbocycles. The van der Waals surface area contributed by atoms with Gasteiger partial charge in [-0.25, -0.2) is 0 Å². The molecule has 1 aliphatic rings. The summed E-state index contributed by atoms with van der Waals surface area (Å²) in [5, 5.41) is 3.17. The van der Waals surface area contributed by atoms with Gasteiger partial charge in [0, 0.05) is 32.2 Å². The Morgan fingerprint density at radius 2 is 1.62 bits per heavy atom. The maximum absolute atomic E-state index is 12.8. The highest BCUT2D eigenvalue weighted by molar-refractivity contribution is 5.85. The van der Waals surface area contributed by atoms with Crippen molar-refractivity contribution in [3.8, 4) is 0 Å². The van der Waals surface area contributed by atoms with Crippen LogP contribution in [0.5, 0.6) is 0 Å². The van der Waals surface area contributed by atoms with Gasteiger partial charge in [0.05, 0.1) is 6.42 Å². The van der Waals surface area contributed by atoms with Crippen LogP contribution in [-0.2, 0) is 0 Å². The third-order valence-corrected chi connectivity index (χ3v) is 3.48. The molecule has 0 saturated carbocycles. The molecule has 1 N–H and O–H groups in total. The minimum Gasteiger partial charge on any atom is -0.314 e. The smallest absolute Gasteiger partial charge is 0.314 e. The topological polar surface area (TPSA) is 15.3 Å². The van der Waals surface area contributed by atoms with Crippen molar-refractivity contribution in [1.82, 2.24) is 10.2 Å². The van der Waals surface area contributed by atoms with Crippen LogP contribution in [0.3, 0.4) is 0 Å². The van der Waals surface area contributed by atoms with Crippen LogP contribution in [0.15, 0.2) is 24.3 Å². The van der Waals surface area contributed by atoms with Gasteiger partial charge in [-0.15, -0.1) is 24.8 Å². The maximum atomic E-state index is 12.8. The van der Waals surface area contributed by atoms with Crippen LogP contribution in [0.2, 0.25) is 0 Å². The van der Waals surface area contributed by atoms with E-state index in [1.807, 2.05) is 36.1 Å². The highest BCUT2D eigenvalue weighted by Crippen LogP contribution is 2.33. The van der Waals surface area contributed by atoms with E-state index in [1.54, 1.807) is 0 Å². The third-order valence-electron chi connectivity index (χ3n) is 3.48. The molecular weight excluding hydrogens is 324 g/mol. The van der Waals surface area contributed by atoms with Gasteiger partial charge in [-0.05, 0) is 12.5 Å². The number of hydrogen-bond donors (Lipinski definition) is 1. The highest BCUT2D eigenvalue weighted by Gasteiger charge is 2.35. The van der Waals surface area contributed by atoms with Gasteiger partial charge >= 0.3 is 6.18 Å². The molecule has 0 radical (unpaired) electrons. The van der Waals surface area contributed by atoms with Gasteiger partial charge in [0.2, 0.25) is 0 Å². The van der Waals surface area contributed by atoms with Crippen molar-refractivity contribution in [3.05, 3.63) is 35.4 Å². The van der Waals surface area contributed by atoms with Crippen molar-refractivity contribution in [2.75, 3.05) is 26.2 Å². The normalized spacial score (nSPS) is 17.5. The number of piperazine rings is 1. The van der Waals surface area contributed by atoms with Crippen LogP contribution in [0.1, 0.15) is 23.6 Å². The number of nitrogens with zero attached hydrogens (tertiary/aromatic N) is 1. The molecule has 0 bridgehead atoms. The zero-order chi connectivity index (χ0) is 13.9. The lowest BCUT2D eigenvalue weighted by Gasteiger charge is -2.35. The maximum Gasteiger partial charge on any atom is 0.390 e. The van der Waals surface area contributed by atoms with Crippen molar-refractivity contribution in [2.45, 2.75) is 25.6 Å². The lowest BCUT2D eigenvalue weighted by Crippen LogP contribution is -2.46. The summed E-state index contributed by atoms with van der Waals surface area (Å²) in [5.41, 5.74) is 1.82. The van der Waals surface area contributed by atoms with E-state index in [2.05, 4.69) is 5.32 Å². The molecule has 1 aliphatic heterocycles. The molecule has 21 heavy (non-hydrogen) atoms. The fourth-order valence-corrected chi connectivity index (χ4v) is 2.46. The molecular formula is C14H21Cl2F3N2. The molecule has 0 spiro atoms. The first-order valence-electron chi connectivity index (χ1n) is 6.54. The molecule has 1 aromatic rings. The molecule has 1 fully saturated rings. The molecule has 1 saturated heterocycles. The van der Waals surface area contributed by atoms with Gasteiger partial charge in [-0.1, -0.05) is 29.8 Å². The highest BCUT2D eigenvalue weighted by atomic mass is 35.5. The predicted molar refractivity (Wildman–Crippen MR) is 83.5 cm³/mol. The molecule has 2 nitrogen and oxygen atoms in total. The first-order valence-corrected chi connectivity index (χ1v) is 6.54. The number of nitrogens with one attached hydrogen (secondary N) is 1. The standard InChI is InChI=1S/C14H19F3N2.2ClH/c1-11-2-4-12(5-3-11)13(10-14(15,16)17)19-8-6-18-7-9-19;;/h2-5,13,18H,6-10H2,1H3;2*1H/t13-;;/m0../s1. The van der Waals surface area contributed by atoms with Gasteiger partial charge in [0.1, 0.15) is 0 Å². The van der Waals surface area contributed by atoms with E-state index in [4.69, 9.17) is 0 Å². The average Bonchev–Trinajstić information content (AvgIpc) is 2.37. The Morgan fingerprint density at radius 3 is 2.10 bits per heavy atom. The summed E-state index contributed by atoms with van der Waals surface area (Å²) in [6.07, 6.45) is -4.92. The van der Waals surface area contributed by atoms with Crippen molar-refractivity contribution in [1.29, 1.82) is 0 Å². The van der Waals surface area contributed by atoms with Crippen LogP contribution >= 0.6 is 24.8 Å². The Morgan fingerprint density at radius 1 is 1.10 bits per heavy atom. The zero-order valence-electron chi connectivity index (χ0n) is 11.8. The summed E-state index contributed by atoms with van der Waals surface area (Å²) in [6.45, 7) is 4.76. The number of halogens is 5. The van der Waals surface area contributed by atoms with E-state index in [0.717, 1.165) is 24.2 Å². The van der Waals surface area contributed by atoms with E-state index in [9.17, 15) is 13.2 Å². The van der Waals surface area contributed by atoms with Crippen molar-refractivity contribution < 1.29 is 13.2 Å². The summed E-state index contributed by atoms with van der Waals surface area (Å²) >= 11 is 0. The minimum absolute atomic E-state index is 0. The van der Waals surface area contributed by atoms with Crippen LogP contribution in [-0.4, -0.2) is 37.3 Å². The second-order valence-corrected chi connectivity index (χ2v) is 5.03. The summed E-state index contributed by atoms with van der Waals surface area (Å²) in [7, 11) is 0. The van der Waals surface area contributed by atoms with E-state index in [-0.39, 0.29) is 24.8 Å². The largest absolute Gasteiger partial charge is 0.390 e. The molecule has 2 rings (SSSR count).